The minimum absolute atomic E-state index is 0.290. The van der Waals surface area contributed by atoms with Crippen LogP contribution in [-0.2, 0) is 11.8 Å². The lowest BCUT2D eigenvalue weighted by Crippen LogP contribution is -2.32. The Morgan fingerprint density at radius 2 is 1.43 bits per heavy atom. The smallest absolute Gasteiger partial charge is 0.416 e. The molecule has 2 N–H and O–H groups in total. The quantitative estimate of drug-likeness (QED) is 0.821. The van der Waals surface area contributed by atoms with Crippen LogP contribution >= 0.6 is 0 Å². The Morgan fingerprint density at radius 1 is 0.913 bits per heavy atom. The fourth-order valence-corrected chi connectivity index (χ4v) is 2.30. The van der Waals surface area contributed by atoms with Gasteiger partial charge < -0.3 is 10.5 Å². The SMILES string of the molecule is CC(CCN)(Oc1ccc(C(F)(F)F)cc1)c1ccc(F)cc1. The van der Waals surface area contributed by atoms with Crippen LogP contribution in [0.5, 0.6) is 5.75 Å². The Bertz CT molecular complexity index is 637. The van der Waals surface area contributed by atoms with Gasteiger partial charge in [0.1, 0.15) is 17.2 Å². The van der Waals surface area contributed by atoms with Gasteiger partial charge in [-0.15, -0.1) is 0 Å². The van der Waals surface area contributed by atoms with Gasteiger partial charge in [0.25, 0.3) is 0 Å². The van der Waals surface area contributed by atoms with Crippen molar-refractivity contribution in [1.82, 2.24) is 0 Å². The van der Waals surface area contributed by atoms with Crippen molar-refractivity contribution in [2.45, 2.75) is 25.1 Å². The maximum atomic E-state index is 13.1. The first kappa shape index (κ1) is 17.3. The van der Waals surface area contributed by atoms with Gasteiger partial charge in [-0.2, -0.15) is 13.2 Å². The van der Waals surface area contributed by atoms with Gasteiger partial charge >= 0.3 is 6.18 Å². The summed E-state index contributed by atoms with van der Waals surface area (Å²) >= 11 is 0. The summed E-state index contributed by atoms with van der Waals surface area (Å²) in [4.78, 5) is 0. The molecule has 1 unspecified atom stereocenters. The third-order valence-electron chi connectivity index (χ3n) is 3.60. The van der Waals surface area contributed by atoms with Gasteiger partial charge in [-0.05, 0) is 55.4 Å². The zero-order valence-electron chi connectivity index (χ0n) is 12.5. The van der Waals surface area contributed by atoms with Crippen LogP contribution in [0.25, 0.3) is 0 Å². The Morgan fingerprint density at radius 3 is 1.91 bits per heavy atom. The standard InChI is InChI=1S/C17H17F4NO/c1-16(10-11-22,12-2-6-14(18)7-3-12)23-15-8-4-13(5-9-15)17(19,20)21/h2-9H,10-11,22H2,1H3. The van der Waals surface area contributed by atoms with E-state index in [0.717, 1.165) is 12.1 Å². The molecule has 0 heterocycles. The predicted octanol–water partition coefficient (Wildman–Crippen LogP) is 4.49. The average Bonchev–Trinajstić information content (AvgIpc) is 2.47. The number of nitrogens with two attached hydrogens (primary N) is 1. The Labute approximate surface area is 131 Å². The number of ether oxygens (including phenoxy) is 1. The van der Waals surface area contributed by atoms with Crippen LogP contribution in [0.3, 0.4) is 0 Å². The summed E-state index contributed by atoms with van der Waals surface area (Å²) in [6, 6.07) is 10.2. The molecule has 1 atom stereocenters. The molecule has 0 aromatic heterocycles. The van der Waals surface area contributed by atoms with E-state index >= 15 is 0 Å². The van der Waals surface area contributed by atoms with Crippen molar-refractivity contribution in [3.8, 4) is 5.75 Å². The highest BCUT2D eigenvalue weighted by atomic mass is 19.4. The maximum Gasteiger partial charge on any atom is 0.416 e. The summed E-state index contributed by atoms with van der Waals surface area (Å²) in [6.45, 7) is 2.08. The largest absolute Gasteiger partial charge is 0.483 e. The highest BCUT2D eigenvalue weighted by molar-refractivity contribution is 5.31. The molecule has 6 heteroatoms. The van der Waals surface area contributed by atoms with E-state index in [9.17, 15) is 17.6 Å². The van der Waals surface area contributed by atoms with E-state index in [1.54, 1.807) is 19.1 Å². The van der Waals surface area contributed by atoms with E-state index < -0.39 is 17.3 Å². The molecular formula is C17H17F4NO. The minimum Gasteiger partial charge on any atom is -0.483 e. The third kappa shape index (κ3) is 4.22. The first-order valence-corrected chi connectivity index (χ1v) is 7.07. The molecule has 0 bridgehead atoms. The van der Waals surface area contributed by atoms with Crippen LogP contribution in [0.2, 0.25) is 0 Å². The topological polar surface area (TPSA) is 35.2 Å². The molecule has 0 radical (unpaired) electrons. The molecule has 0 spiro atoms. The third-order valence-corrected chi connectivity index (χ3v) is 3.60. The minimum atomic E-state index is -4.39. The van der Waals surface area contributed by atoms with E-state index in [1.165, 1.54) is 24.3 Å². The molecule has 0 amide bonds. The lowest BCUT2D eigenvalue weighted by molar-refractivity contribution is -0.137. The summed E-state index contributed by atoms with van der Waals surface area (Å²) in [5, 5.41) is 0. The van der Waals surface area contributed by atoms with Crippen LogP contribution in [0.1, 0.15) is 24.5 Å². The van der Waals surface area contributed by atoms with Crippen molar-refractivity contribution in [2.24, 2.45) is 5.73 Å². The number of halogens is 4. The second kappa shape index (κ2) is 6.58. The molecule has 124 valence electrons. The highest BCUT2D eigenvalue weighted by Crippen LogP contribution is 2.34. The zero-order chi connectivity index (χ0) is 17.1. The van der Waals surface area contributed by atoms with Gasteiger partial charge in [0, 0.05) is 6.42 Å². The van der Waals surface area contributed by atoms with Gasteiger partial charge in [0.15, 0.2) is 0 Å². The summed E-state index contributed by atoms with van der Waals surface area (Å²) in [6.07, 6.45) is -3.96. The summed E-state index contributed by atoms with van der Waals surface area (Å²) in [5.41, 5.74) is 4.71. The lowest BCUT2D eigenvalue weighted by atomic mass is 9.92. The molecule has 0 saturated heterocycles. The van der Waals surface area contributed by atoms with Crippen LogP contribution in [-0.4, -0.2) is 6.54 Å². The van der Waals surface area contributed by atoms with Crippen LogP contribution in [0, 0.1) is 5.82 Å². The zero-order valence-corrected chi connectivity index (χ0v) is 12.5. The van der Waals surface area contributed by atoms with Gasteiger partial charge in [0.2, 0.25) is 0 Å². The molecule has 0 saturated carbocycles. The number of hydrogen-bond acceptors (Lipinski definition) is 2. The molecule has 2 aromatic rings. The van der Waals surface area contributed by atoms with Crippen molar-refractivity contribution < 1.29 is 22.3 Å². The monoisotopic (exact) mass is 327 g/mol. The number of benzene rings is 2. The van der Waals surface area contributed by atoms with Gasteiger partial charge in [-0.3, -0.25) is 0 Å². The van der Waals surface area contributed by atoms with Crippen LogP contribution in [0.15, 0.2) is 48.5 Å². The first-order chi connectivity index (χ1) is 10.7. The van der Waals surface area contributed by atoms with Gasteiger partial charge in [0.05, 0.1) is 5.56 Å². The highest BCUT2D eigenvalue weighted by Gasteiger charge is 2.31. The molecule has 2 aromatic carbocycles. The molecule has 0 aliphatic heterocycles. The van der Waals surface area contributed by atoms with Gasteiger partial charge in [-0.25, -0.2) is 4.39 Å². The summed E-state index contributed by atoms with van der Waals surface area (Å²) < 4.78 is 56.7. The Balaban J connectivity index is 2.27. The van der Waals surface area contributed by atoms with Crippen molar-refractivity contribution >= 4 is 0 Å². The van der Waals surface area contributed by atoms with Gasteiger partial charge in [-0.1, -0.05) is 12.1 Å². The van der Waals surface area contributed by atoms with Crippen molar-refractivity contribution in [1.29, 1.82) is 0 Å². The number of rotatable bonds is 5. The van der Waals surface area contributed by atoms with E-state index in [1.807, 2.05) is 0 Å². The average molecular weight is 327 g/mol. The van der Waals surface area contributed by atoms with Crippen LogP contribution < -0.4 is 10.5 Å². The fourth-order valence-electron chi connectivity index (χ4n) is 2.30. The first-order valence-electron chi connectivity index (χ1n) is 7.07. The van der Waals surface area contributed by atoms with E-state index in [2.05, 4.69) is 0 Å². The maximum absolute atomic E-state index is 13.1. The summed E-state index contributed by atoms with van der Waals surface area (Å²) in [5.74, 6) is -0.0864. The fraction of sp³-hybridized carbons (Fsp3) is 0.294. The van der Waals surface area contributed by atoms with E-state index in [0.29, 0.717) is 24.3 Å². The molecule has 2 rings (SSSR count). The molecule has 0 aliphatic carbocycles. The molecule has 23 heavy (non-hydrogen) atoms. The number of hydrogen-bond donors (Lipinski definition) is 1. The molecule has 0 fully saturated rings. The Kier molecular flexibility index (Phi) is 4.94. The van der Waals surface area contributed by atoms with Crippen molar-refractivity contribution in [3.05, 3.63) is 65.5 Å². The van der Waals surface area contributed by atoms with Crippen LogP contribution in [0.4, 0.5) is 17.6 Å². The second-order valence-corrected chi connectivity index (χ2v) is 5.40. The predicted molar refractivity (Wildman–Crippen MR) is 79.5 cm³/mol. The van der Waals surface area contributed by atoms with Crippen molar-refractivity contribution in [2.75, 3.05) is 6.54 Å². The van der Waals surface area contributed by atoms with E-state index in [-0.39, 0.29) is 5.82 Å². The molecular weight excluding hydrogens is 310 g/mol. The molecule has 0 aliphatic rings. The van der Waals surface area contributed by atoms with E-state index in [4.69, 9.17) is 10.5 Å². The summed E-state index contributed by atoms with van der Waals surface area (Å²) in [7, 11) is 0. The normalized spacial score (nSPS) is 14.3. The second-order valence-electron chi connectivity index (χ2n) is 5.40. The lowest BCUT2D eigenvalue weighted by Gasteiger charge is -2.31. The number of alkyl halides is 3. The molecule has 2 nitrogen and oxygen atoms in total. The van der Waals surface area contributed by atoms with Crippen molar-refractivity contribution in [3.63, 3.8) is 0 Å². The Hall–Kier alpha value is -2.08.